The molecule has 2 rings (SSSR count). The van der Waals surface area contributed by atoms with Crippen LogP contribution in [0.4, 0.5) is 4.79 Å². The summed E-state index contributed by atoms with van der Waals surface area (Å²) in [5.74, 6) is 0.824. The predicted octanol–water partition coefficient (Wildman–Crippen LogP) is 1.41. The summed E-state index contributed by atoms with van der Waals surface area (Å²) in [6, 6.07) is 7.85. The fourth-order valence-electron chi connectivity index (χ4n) is 2.11. The molecule has 1 aromatic carbocycles. The summed E-state index contributed by atoms with van der Waals surface area (Å²) in [6.07, 6.45) is -0.245. The minimum Gasteiger partial charge on any atom is -0.496 e. The zero-order valence-corrected chi connectivity index (χ0v) is 10.7. The molecule has 0 spiro atoms. The second-order valence-corrected chi connectivity index (χ2v) is 4.14. The Bertz CT molecular complexity index is 422. The summed E-state index contributed by atoms with van der Waals surface area (Å²) >= 11 is 0. The third kappa shape index (κ3) is 2.56. The van der Waals surface area contributed by atoms with Crippen LogP contribution in [0.2, 0.25) is 0 Å². The first-order valence-electron chi connectivity index (χ1n) is 5.98. The van der Waals surface area contributed by atoms with E-state index in [4.69, 9.17) is 9.47 Å². The van der Waals surface area contributed by atoms with Crippen LogP contribution in [0, 0.1) is 0 Å². The number of benzene rings is 1. The molecular formula is C13H18N2O3. The van der Waals surface area contributed by atoms with Crippen LogP contribution in [0.1, 0.15) is 11.6 Å². The maximum Gasteiger partial charge on any atom is 0.410 e. The molecule has 1 amide bonds. The maximum absolute atomic E-state index is 11.5. The van der Waals surface area contributed by atoms with Crippen molar-refractivity contribution >= 4 is 6.09 Å². The number of amides is 1. The molecule has 0 radical (unpaired) electrons. The highest BCUT2D eigenvalue weighted by Crippen LogP contribution is 2.25. The number of carbonyl (C=O) groups excluding carboxylic acids is 1. The number of carbonyl (C=O) groups is 1. The van der Waals surface area contributed by atoms with Gasteiger partial charge in [0.25, 0.3) is 0 Å². The molecule has 1 aromatic rings. The fraction of sp³-hybridized carbons (Fsp3) is 0.462. The van der Waals surface area contributed by atoms with Gasteiger partial charge in [0, 0.05) is 12.1 Å². The molecule has 98 valence electrons. The standard InChI is InChI=1S/C13H18N2O3/c1-14-11(9-15-7-8-18-13(15)16)10-5-3-4-6-12(10)17-2/h3-6,11,14H,7-9H2,1-2H3. The summed E-state index contributed by atoms with van der Waals surface area (Å²) < 4.78 is 10.3. The van der Waals surface area contributed by atoms with Gasteiger partial charge in [-0.05, 0) is 13.1 Å². The van der Waals surface area contributed by atoms with Crippen LogP contribution in [0.25, 0.3) is 0 Å². The number of nitrogens with one attached hydrogen (secondary N) is 1. The Labute approximate surface area is 107 Å². The Kier molecular flexibility index (Phi) is 4.04. The molecule has 0 aliphatic carbocycles. The normalized spacial score (nSPS) is 16.6. The van der Waals surface area contributed by atoms with E-state index in [-0.39, 0.29) is 12.1 Å². The largest absolute Gasteiger partial charge is 0.496 e. The number of para-hydroxylation sites is 1. The minimum atomic E-state index is -0.245. The van der Waals surface area contributed by atoms with Gasteiger partial charge in [-0.2, -0.15) is 0 Å². The predicted molar refractivity (Wildman–Crippen MR) is 67.7 cm³/mol. The summed E-state index contributed by atoms with van der Waals surface area (Å²) in [5.41, 5.74) is 1.04. The SMILES string of the molecule is CNC(CN1CCOC1=O)c1ccccc1OC. The highest BCUT2D eigenvalue weighted by atomic mass is 16.6. The first-order valence-corrected chi connectivity index (χ1v) is 5.98. The maximum atomic E-state index is 11.5. The highest BCUT2D eigenvalue weighted by Gasteiger charge is 2.26. The second-order valence-electron chi connectivity index (χ2n) is 4.14. The molecule has 1 heterocycles. The van der Waals surface area contributed by atoms with E-state index in [1.54, 1.807) is 12.0 Å². The van der Waals surface area contributed by atoms with Crippen molar-refractivity contribution in [3.05, 3.63) is 29.8 Å². The molecule has 1 atom stereocenters. The molecule has 0 saturated carbocycles. The van der Waals surface area contributed by atoms with Crippen LogP contribution in [0.5, 0.6) is 5.75 Å². The molecule has 1 fully saturated rings. The van der Waals surface area contributed by atoms with Crippen LogP contribution in [0.15, 0.2) is 24.3 Å². The van der Waals surface area contributed by atoms with Crippen LogP contribution in [-0.4, -0.2) is 44.8 Å². The van der Waals surface area contributed by atoms with E-state index in [0.717, 1.165) is 11.3 Å². The van der Waals surface area contributed by atoms with Crippen LogP contribution in [0.3, 0.4) is 0 Å². The molecule has 5 heteroatoms. The Morgan fingerprint density at radius 1 is 1.50 bits per heavy atom. The first kappa shape index (κ1) is 12.7. The first-order chi connectivity index (χ1) is 8.76. The van der Waals surface area contributed by atoms with E-state index >= 15 is 0 Å². The third-order valence-corrected chi connectivity index (χ3v) is 3.11. The lowest BCUT2D eigenvalue weighted by atomic mass is 10.1. The van der Waals surface area contributed by atoms with Crippen molar-refractivity contribution in [2.24, 2.45) is 0 Å². The van der Waals surface area contributed by atoms with Crippen molar-refractivity contribution in [3.63, 3.8) is 0 Å². The number of ether oxygens (including phenoxy) is 2. The van der Waals surface area contributed by atoms with Gasteiger partial charge in [-0.1, -0.05) is 18.2 Å². The topological polar surface area (TPSA) is 50.8 Å². The van der Waals surface area contributed by atoms with Crippen molar-refractivity contribution in [1.82, 2.24) is 10.2 Å². The zero-order valence-electron chi connectivity index (χ0n) is 10.7. The van der Waals surface area contributed by atoms with E-state index < -0.39 is 0 Å². The van der Waals surface area contributed by atoms with E-state index in [2.05, 4.69) is 5.32 Å². The molecule has 1 aliphatic heterocycles. The van der Waals surface area contributed by atoms with Crippen LogP contribution in [-0.2, 0) is 4.74 Å². The molecule has 1 aliphatic rings. The smallest absolute Gasteiger partial charge is 0.410 e. The van der Waals surface area contributed by atoms with Crippen molar-refractivity contribution < 1.29 is 14.3 Å². The van der Waals surface area contributed by atoms with Gasteiger partial charge < -0.3 is 19.7 Å². The van der Waals surface area contributed by atoms with Crippen LogP contribution >= 0.6 is 0 Å². The lowest BCUT2D eigenvalue weighted by Gasteiger charge is -2.23. The molecule has 0 aromatic heterocycles. The van der Waals surface area contributed by atoms with Crippen molar-refractivity contribution in [3.8, 4) is 5.75 Å². The van der Waals surface area contributed by atoms with Crippen LogP contribution < -0.4 is 10.1 Å². The van der Waals surface area contributed by atoms with E-state index in [0.29, 0.717) is 19.7 Å². The number of cyclic esters (lactones) is 1. The summed E-state index contributed by atoms with van der Waals surface area (Å²) in [7, 11) is 3.52. The number of rotatable bonds is 5. The number of likely N-dealkylation sites (N-methyl/N-ethyl adjacent to an activating group) is 1. The molecule has 1 saturated heterocycles. The van der Waals surface area contributed by atoms with Gasteiger partial charge in [0.1, 0.15) is 12.4 Å². The monoisotopic (exact) mass is 250 g/mol. The second kappa shape index (κ2) is 5.73. The zero-order chi connectivity index (χ0) is 13.0. The molecule has 5 nitrogen and oxygen atoms in total. The number of hydrogen-bond acceptors (Lipinski definition) is 4. The lowest BCUT2D eigenvalue weighted by Crippen LogP contribution is -2.34. The summed E-state index contributed by atoms with van der Waals surface area (Å²) in [5, 5.41) is 3.21. The van der Waals surface area contributed by atoms with E-state index in [1.165, 1.54) is 0 Å². The lowest BCUT2D eigenvalue weighted by molar-refractivity contribution is 0.156. The van der Waals surface area contributed by atoms with Gasteiger partial charge in [-0.15, -0.1) is 0 Å². The van der Waals surface area contributed by atoms with Gasteiger partial charge in [0.15, 0.2) is 0 Å². The van der Waals surface area contributed by atoms with Crippen molar-refractivity contribution in [1.29, 1.82) is 0 Å². The Balaban J connectivity index is 2.14. The third-order valence-electron chi connectivity index (χ3n) is 3.11. The fourth-order valence-corrected chi connectivity index (χ4v) is 2.11. The Morgan fingerprint density at radius 2 is 2.28 bits per heavy atom. The van der Waals surface area contributed by atoms with Gasteiger partial charge in [-0.3, -0.25) is 0 Å². The van der Waals surface area contributed by atoms with Gasteiger partial charge >= 0.3 is 6.09 Å². The quantitative estimate of drug-likeness (QED) is 0.858. The summed E-state index contributed by atoms with van der Waals surface area (Å²) in [4.78, 5) is 13.2. The number of hydrogen-bond donors (Lipinski definition) is 1. The number of methoxy groups -OCH3 is 1. The highest BCUT2D eigenvalue weighted by molar-refractivity contribution is 5.69. The average molecular weight is 250 g/mol. The molecular weight excluding hydrogens is 232 g/mol. The van der Waals surface area contributed by atoms with Gasteiger partial charge in [0.2, 0.25) is 0 Å². The van der Waals surface area contributed by atoms with Crippen molar-refractivity contribution in [2.75, 3.05) is 33.9 Å². The average Bonchev–Trinajstić information content (AvgIpc) is 2.81. The van der Waals surface area contributed by atoms with Crippen molar-refractivity contribution in [2.45, 2.75) is 6.04 Å². The molecule has 1 unspecified atom stereocenters. The molecule has 18 heavy (non-hydrogen) atoms. The molecule has 1 N–H and O–H groups in total. The summed E-state index contributed by atoms with van der Waals surface area (Å²) in [6.45, 7) is 1.70. The van der Waals surface area contributed by atoms with Gasteiger partial charge in [-0.25, -0.2) is 4.79 Å². The van der Waals surface area contributed by atoms with E-state index in [9.17, 15) is 4.79 Å². The number of nitrogens with zero attached hydrogens (tertiary/aromatic N) is 1. The van der Waals surface area contributed by atoms with Gasteiger partial charge in [0.05, 0.1) is 19.7 Å². The van der Waals surface area contributed by atoms with E-state index in [1.807, 2.05) is 31.3 Å². The Morgan fingerprint density at radius 3 is 2.89 bits per heavy atom. The Hall–Kier alpha value is -1.75. The minimum absolute atomic E-state index is 0.0341. The molecule has 0 bridgehead atoms.